The number of hydrogen-bond acceptors (Lipinski definition) is 3. The van der Waals surface area contributed by atoms with E-state index in [1.165, 1.54) is 0 Å². The van der Waals surface area contributed by atoms with Crippen LogP contribution in [-0.4, -0.2) is 25.0 Å². The fourth-order valence-electron chi connectivity index (χ4n) is 4.95. The predicted molar refractivity (Wildman–Crippen MR) is 141 cm³/mol. The smallest absolute Gasteiger partial charge is 0.258 e. The average Bonchev–Trinajstić information content (AvgIpc) is 2.89. The van der Waals surface area contributed by atoms with E-state index in [1.807, 2.05) is 70.5 Å². The first kappa shape index (κ1) is 24.5. The summed E-state index contributed by atoms with van der Waals surface area (Å²) < 4.78 is 5.28. The molecule has 2 unspecified atom stereocenters. The second-order valence-electron chi connectivity index (χ2n) is 9.12. The molecule has 5 heteroatoms. The number of nitrogens with zero attached hydrogens (tertiary/aromatic N) is 2. The number of unbranched alkanes of at least 4 members (excludes halogenated alkanes) is 2. The zero-order valence-electron chi connectivity index (χ0n) is 20.8. The van der Waals surface area contributed by atoms with Gasteiger partial charge in [-0.05, 0) is 67.8 Å². The number of amides is 2. The lowest BCUT2D eigenvalue weighted by Crippen LogP contribution is -2.47. The summed E-state index contributed by atoms with van der Waals surface area (Å²) in [7, 11) is 1.61. The van der Waals surface area contributed by atoms with Crippen LogP contribution in [0.2, 0.25) is 0 Å². The molecule has 3 aromatic rings. The SMILES string of the molecule is CCCCCC(=O)N1c2ccccc2C(N(C(=O)c2ccc(OC)cc2)c2ccccc2)CC1C. The Hall–Kier alpha value is -3.60. The average molecular weight is 471 g/mol. The summed E-state index contributed by atoms with van der Waals surface area (Å²) in [5.41, 5.74) is 3.34. The Morgan fingerprint density at radius 1 is 0.943 bits per heavy atom. The summed E-state index contributed by atoms with van der Waals surface area (Å²) in [5.74, 6) is 0.792. The topological polar surface area (TPSA) is 49.9 Å². The Morgan fingerprint density at radius 2 is 1.63 bits per heavy atom. The van der Waals surface area contributed by atoms with Gasteiger partial charge in [-0.25, -0.2) is 0 Å². The number of carbonyl (C=O) groups is 2. The van der Waals surface area contributed by atoms with Gasteiger partial charge in [0.1, 0.15) is 5.75 Å². The van der Waals surface area contributed by atoms with Crippen molar-refractivity contribution in [2.24, 2.45) is 0 Å². The van der Waals surface area contributed by atoms with Crippen LogP contribution in [-0.2, 0) is 4.79 Å². The molecule has 0 aromatic heterocycles. The molecule has 0 saturated carbocycles. The molecule has 182 valence electrons. The van der Waals surface area contributed by atoms with Crippen LogP contribution in [0.15, 0.2) is 78.9 Å². The zero-order valence-corrected chi connectivity index (χ0v) is 20.8. The number of benzene rings is 3. The van der Waals surface area contributed by atoms with Gasteiger partial charge in [0.25, 0.3) is 5.91 Å². The third-order valence-electron chi connectivity index (χ3n) is 6.73. The van der Waals surface area contributed by atoms with Crippen molar-refractivity contribution in [2.75, 3.05) is 16.9 Å². The van der Waals surface area contributed by atoms with Crippen LogP contribution < -0.4 is 14.5 Å². The van der Waals surface area contributed by atoms with Crippen molar-refractivity contribution in [2.45, 2.75) is 58.0 Å². The standard InChI is InChI=1S/C30H34N2O3/c1-4-5-7-16-29(33)31-22(2)21-28(26-14-10-11-15-27(26)31)32(24-12-8-6-9-13-24)30(34)23-17-19-25(35-3)20-18-23/h6,8-15,17-20,22,28H,4-5,7,16,21H2,1-3H3. The van der Waals surface area contributed by atoms with E-state index in [9.17, 15) is 9.59 Å². The van der Waals surface area contributed by atoms with Crippen molar-refractivity contribution in [1.82, 2.24) is 0 Å². The highest BCUT2D eigenvalue weighted by Gasteiger charge is 2.38. The van der Waals surface area contributed by atoms with Gasteiger partial charge in [0, 0.05) is 29.4 Å². The molecular weight excluding hydrogens is 436 g/mol. The van der Waals surface area contributed by atoms with Crippen molar-refractivity contribution in [3.8, 4) is 5.75 Å². The molecule has 0 spiro atoms. The molecule has 0 bridgehead atoms. The Morgan fingerprint density at radius 3 is 2.31 bits per heavy atom. The van der Waals surface area contributed by atoms with Gasteiger partial charge in [-0.15, -0.1) is 0 Å². The lowest BCUT2D eigenvalue weighted by Gasteiger charge is -2.43. The second kappa shape index (κ2) is 11.2. The van der Waals surface area contributed by atoms with Crippen molar-refractivity contribution in [3.05, 3.63) is 90.0 Å². The molecule has 4 rings (SSSR count). The third kappa shape index (κ3) is 5.24. The molecule has 2 amide bonds. The van der Waals surface area contributed by atoms with E-state index in [0.29, 0.717) is 24.2 Å². The Bertz CT molecular complexity index is 1140. The van der Waals surface area contributed by atoms with E-state index in [-0.39, 0.29) is 23.9 Å². The summed E-state index contributed by atoms with van der Waals surface area (Å²) in [6.07, 6.45) is 4.24. The number of methoxy groups -OCH3 is 1. The largest absolute Gasteiger partial charge is 0.497 e. The van der Waals surface area contributed by atoms with E-state index >= 15 is 0 Å². The van der Waals surface area contributed by atoms with Gasteiger partial charge in [-0.2, -0.15) is 0 Å². The number of para-hydroxylation sites is 2. The van der Waals surface area contributed by atoms with E-state index in [0.717, 1.165) is 36.2 Å². The molecule has 35 heavy (non-hydrogen) atoms. The number of ether oxygens (including phenoxy) is 1. The minimum atomic E-state index is -0.196. The minimum Gasteiger partial charge on any atom is -0.497 e. The highest BCUT2D eigenvalue weighted by molar-refractivity contribution is 6.07. The van der Waals surface area contributed by atoms with E-state index < -0.39 is 0 Å². The lowest BCUT2D eigenvalue weighted by atomic mass is 9.89. The van der Waals surface area contributed by atoms with Crippen molar-refractivity contribution < 1.29 is 14.3 Å². The Balaban J connectivity index is 1.74. The molecule has 0 aliphatic carbocycles. The molecule has 1 aliphatic heterocycles. The van der Waals surface area contributed by atoms with Gasteiger partial charge in [-0.3, -0.25) is 9.59 Å². The summed E-state index contributed by atoms with van der Waals surface area (Å²) in [6.45, 7) is 4.23. The maximum atomic E-state index is 14.0. The first-order chi connectivity index (χ1) is 17.0. The van der Waals surface area contributed by atoms with Gasteiger partial charge >= 0.3 is 0 Å². The number of hydrogen-bond donors (Lipinski definition) is 0. The number of carbonyl (C=O) groups excluding carboxylic acids is 2. The zero-order chi connectivity index (χ0) is 24.8. The molecule has 1 aliphatic rings. The second-order valence-corrected chi connectivity index (χ2v) is 9.12. The quantitative estimate of drug-likeness (QED) is 0.341. The first-order valence-electron chi connectivity index (χ1n) is 12.5. The van der Waals surface area contributed by atoms with Crippen LogP contribution >= 0.6 is 0 Å². The summed E-state index contributed by atoms with van der Waals surface area (Å²) in [6, 6.07) is 24.8. The van der Waals surface area contributed by atoms with E-state index in [2.05, 4.69) is 19.9 Å². The number of fused-ring (bicyclic) bond motifs is 1. The maximum absolute atomic E-state index is 14.0. The molecule has 0 fully saturated rings. The third-order valence-corrected chi connectivity index (χ3v) is 6.73. The van der Waals surface area contributed by atoms with Crippen LogP contribution in [0.3, 0.4) is 0 Å². The summed E-state index contributed by atoms with van der Waals surface area (Å²) >= 11 is 0. The van der Waals surface area contributed by atoms with Gasteiger partial charge < -0.3 is 14.5 Å². The van der Waals surface area contributed by atoms with Crippen LogP contribution in [0.4, 0.5) is 11.4 Å². The van der Waals surface area contributed by atoms with Crippen LogP contribution in [0.5, 0.6) is 5.75 Å². The Kier molecular flexibility index (Phi) is 7.86. The van der Waals surface area contributed by atoms with Gasteiger partial charge in [-0.1, -0.05) is 56.2 Å². The molecule has 0 radical (unpaired) electrons. The summed E-state index contributed by atoms with van der Waals surface area (Å²) in [4.78, 5) is 31.0. The fraction of sp³-hybridized carbons (Fsp3) is 0.333. The molecule has 0 N–H and O–H groups in total. The van der Waals surface area contributed by atoms with E-state index in [1.54, 1.807) is 19.2 Å². The van der Waals surface area contributed by atoms with Crippen LogP contribution in [0, 0.1) is 0 Å². The minimum absolute atomic E-state index is 0.0288. The van der Waals surface area contributed by atoms with Gasteiger partial charge in [0.15, 0.2) is 0 Å². The predicted octanol–water partition coefficient (Wildman–Crippen LogP) is 6.79. The highest BCUT2D eigenvalue weighted by Crippen LogP contribution is 2.43. The molecule has 3 aromatic carbocycles. The van der Waals surface area contributed by atoms with Gasteiger partial charge in [0.2, 0.25) is 5.91 Å². The Labute approximate surface area is 208 Å². The molecule has 1 heterocycles. The number of rotatable bonds is 8. The molecule has 0 saturated heterocycles. The maximum Gasteiger partial charge on any atom is 0.258 e. The van der Waals surface area contributed by atoms with E-state index in [4.69, 9.17) is 4.74 Å². The summed E-state index contributed by atoms with van der Waals surface area (Å²) in [5, 5.41) is 0. The highest BCUT2D eigenvalue weighted by atomic mass is 16.5. The molecule has 5 nitrogen and oxygen atoms in total. The normalized spacial score (nSPS) is 16.9. The number of anilines is 2. The monoisotopic (exact) mass is 470 g/mol. The van der Waals surface area contributed by atoms with Crippen molar-refractivity contribution >= 4 is 23.2 Å². The van der Waals surface area contributed by atoms with Crippen LogP contribution in [0.1, 0.15) is 67.9 Å². The first-order valence-corrected chi connectivity index (χ1v) is 12.5. The fourth-order valence-corrected chi connectivity index (χ4v) is 4.95. The van der Waals surface area contributed by atoms with Crippen LogP contribution in [0.25, 0.3) is 0 Å². The van der Waals surface area contributed by atoms with Gasteiger partial charge in [0.05, 0.1) is 13.2 Å². The molecular formula is C30H34N2O3. The van der Waals surface area contributed by atoms with Crippen molar-refractivity contribution in [1.29, 1.82) is 0 Å². The van der Waals surface area contributed by atoms with Crippen molar-refractivity contribution in [3.63, 3.8) is 0 Å². The lowest BCUT2D eigenvalue weighted by molar-refractivity contribution is -0.119. The molecule has 2 atom stereocenters.